The zero-order valence-corrected chi connectivity index (χ0v) is 16.5. The molecule has 1 aliphatic heterocycles. The Balaban J connectivity index is 1.50. The molecule has 1 aromatic carbocycles. The summed E-state index contributed by atoms with van der Waals surface area (Å²) in [7, 11) is 0. The fourth-order valence-electron chi connectivity index (χ4n) is 3.23. The van der Waals surface area contributed by atoms with E-state index in [1.54, 1.807) is 36.4 Å². The number of amides is 1. The highest BCUT2D eigenvalue weighted by molar-refractivity contribution is 5.96. The Morgan fingerprint density at radius 2 is 1.90 bits per heavy atom. The zero-order valence-electron chi connectivity index (χ0n) is 16.5. The molecule has 30 heavy (non-hydrogen) atoms. The van der Waals surface area contributed by atoms with Gasteiger partial charge in [-0.2, -0.15) is 10.5 Å². The van der Waals surface area contributed by atoms with Gasteiger partial charge >= 0.3 is 5.97 Å². The van der Waals surface area contributed by atoms with Crippen molar-refractivity contribution in [1.82, 2.24) is 4.98 Å². The van der Waals surface area contributed by atoms with Crippen molar-refractivity contribution in [1.29, 1.82) is 10.5 Å². The SMILES string of the molecule is CC(OC(=O)C1CCN(c2ccc(C#N)cn2)CC1)C(=O)Nc1ccccc1C#N. The molecule has 8 nitrogen and oxygen atoms in total. The topological polar surface area (TPSA) is 119 Å². The van der Waals surface area contributed by atoms with Crippen LogP contribution < -0.4 is 10.2 Å². The molecular weight excluding hydrogens is 382 g/mol. The summed E-state index contributed by atoms with van der Waals surface area (Å²) in [6.45, 7) is 2.78. The summed E-state index contributed by atoms with van der Waals surface area (Å²) < 4.78 is 5.36. The number of pyridine rings is 1. The van der Waals surface area contributed by atoms with E-state index in [0.717, 1.165) is 5.82 Å². The maximum Gasteiger partial charge on any atom is 0.309 e. The van der Waals surface area contributed by atoms with E-state index in [2.05, 4.69) is 15.2 Å². The van der Waals surface area contributed by atoms with Gasteiger partial charge in [-0.25, -0.2) is 4.98 Å². The second-order valence-corrected chi connectivity index (χ2v) is 7.00. The summed E-state index contributed by atoms with van der Waals surface area (Å²) in [5.41, 5.74) is 1.23. The van der Waals surface area contributed by atoms with Crippen LogP contribution in [-0.4, -0.2) is 36.1 Å². The Kier molecular flexibility index (Phi) is 6.61. The van der Waals surface area contributed by atoms with Gasteiger partial charge in [-0.1, -0.05) is 12.1 Å². The van der Waals surface area contributed by atoms with E-state index in [-0.39, 0.29) is 5.92 Å². The summed E-state index contributed by atoms with van der Waals surface area (Å²) in [4.78, 5) is 31.2. The van der Waals surface area contributed by atoms with Crippen molar-refractivity contribution in [3.63, 3.8) is 0 Å². The Morgan fingerprint density at radius 1 is 1.17 bits per heavy atom. The van der Waals surface area contributed by atoms with Gasteiger partial charge in [0.25, 0.3) is 5.91 Å². The molecule has 1 saturated heterocycles. The van der Waals surface area contributed by atoms with Gasteiger partial charge in [0.15, 0.2) is 6.10 Å². The number of rotatable bonds is 5. The Bertz CT molecular complexity index is 999. The number of hydrogen-bond donors (Lipinski definition) is 1. The third kappa shape index (κ3) is 4.92. The number of benzene rings is 1. The monoisotopic (exact) mass is 403 g/mol. The molecule has 0 radical (unpaired) electrons. The first-order chi connectivity index (χ1) is 14.5. The lowest BCUT2D eigenvalue weighted by Gasteiger charge is -2.32. The molecule has 1 atom stereocenters. The van der Waals surface area contributed by atoms with Crippen molar-refractivity contribution in [3.8, 4) is 12.1 Å². The van der Waals surface area contributed by atoms with Crippen LogP contribution in [0.1, 0.15) is 30.9 Å². The van der Waals surface area contributed by atoms with Crippen LogP contribution in [0.3, 0.4) is 0 Å². The first-order valence-corrected chi connectivity index (χ1v) is 9.63. The van der Waals surface area contributed by atoms with E-state index in [4.69, 9.17) is 15.3 Å². The molecule has 8 heteroatoms. The number of ether oxygens (including phenoxy) is 1. The summed E-state index contributed by atoms with van der Waals surface area (Å²) >= 11 is 0. The molecule has 2 heterocycles. The van der Waals surface area contributed by atoms with Gasteiger partial charge in [0.2, 0.25) is 0 Å². The van der Waals surface area contributed by atoms with Crippen molar-refractivity contribution in [3.05, 3.63) is 53.7 Å². The van der Waals surface area contributed by atoms with Gasteiger partial charge in [-0.05, 0) is 44.0 Å². The molecule has 1 N–H and O–H groups in total. The number of piperidine rings is 1. The van der Waals surface area contributed by atoms with E-state index < -0.39 is 18.0 Å². The number of carbonyl (C=O) groups is 2. The van der Waals surface area contributed by atoms with Crippen molar-refractivity contribution in [2.24, 2.45) is 5.92 Å². The van der Waals surface area contributed by atoms with E-state index >= 15 is 0 Å². The molecule has 152 valence electrons. The maximum absolute atomic E-state index is 12.5. The zero-order chi connectivity index (χ0) is 21.5. The molecule has 0 bridgehead atoms. The van der Waals surface area contributed by atoms with Crippen LogP contribution in [0.5, 0.6) is 0 Å². The smallest absolute Gasteiger partial charge is 0.309 e. The number of aromatic nitrogens is 1. The van der Waals surface area contributed by atoms with E-state index in [0.29, 0.717) is 42.7 Å². The molecule has 2 aromatic rings. The average molecular weight is 403 g/mol. The fourth-order valence-corrected chi connectivity index (χ4v) is 3.23. The van der Waals surface area contributed by atoms with Gasteiger partial charge in [0, 0.05) is 19.3 Å². The largest absolute Gasteiger partial charge is 0.452 e. The van der Waals surface area contributed by atoms with Crippen LogP contribution in [0.2, 0.25) is 0 Å². The quantitative estimate of drug-likeness (QED) is 0.762. The second-order valence-electron chi connectivity index (χ2n) is 7.00. The van der Waals surface area contributed by atoms with Gasteiger partial charge in [0.05, 0.1) is 22.7 Å². The van der Waals surface area contributed by atoms with Crippen LogP contribution in [0.15, 0.2) is 42.6 Å². The van der Waals surface area contributed by atoms with Crippen LogP contribution in [0.4, 0.5) is 11.5 Å². The number of esters is 1. The molecule has 1 fully saturated rings. The third-order valence-corrected chi connectivity index (χ3v) is 5.00. The normalized spacial score (nSPS) is 14.8. The minimum absolute atomic E-state index is 0.290. The molecular formula is C22H21N5O3. The maximum atomic E-state index is 12.5. The van der Waals surface area contributed by atoms with Crippen molar-refractivity contribution >= 4 is 23.4 Å². The number of para-hydroxylation sites is 1. The molecule has 0 spiro atoms. The van der Waals surface area contributed by atoms with Gasteiger partial charge in [-0.3, -0.25) is 9.59 Å². The third-order valence-electron chi connectivity index (χ3n) is 5.00. The van der Waals surface area contributed by atoms with E-state index in [1.807, 2.05) is 12.1 Å². The average Bonchev–Trinajstić information content (AvgIpc) is 2.79. The lowest BCUT2D eigenvalue weighted by atomic mass is 9.97. The van der Waals surface area contributed by atoms with Crippen LogP contribution in [0.25, 0.3) is 0 Å². The van der Waals surface area contributed by atoms with Gasteiger partial charge in [0.1, 0.15) is 18.0 Å². The molecule has 0 aliphatic carbocycles. The standard InChI is InChI=1S/C22H21N5O3/c1-15(21(28)26-19-5-3-2-4-18(19)13-24)30-22(29)17-8-10-27(11-9-17)20-7-6-16(12-23)14-25-20/h2-7,14-15,17H,8-11H2,1H3,(H,26,28). The number of nitriles is 2. The summed E-state index contributed by atoms with van der Waals surface area (Å²) in [6.07, 6.45) is 1.74. The molecule has 1 aliphatic rings. The molecule has 0 saturated carbocycles. The highest BCUT2D eigenvalue weighted by Crippen LogP contribution is 2.23. The predicted molar refractivity (Wildman–Crippen MR) is 109 cm³/mol. The number of carbonyl (C=O) groups excluding carboxylic acids is 2. The van der Waals surface area contributed by atoms with Crippen molar-refractivity contribution in [2.75, 3.05) is 23.3 Å². The fraction of sp³-hybridized carbons (Fsp3) is 0.318. The Labute approximate surface area is 174 Å². The number of nitrogens with zero attached hydrogens (tertiary/aromatic N) is 4. The number of anilines is 2. The summed E-state index contributed by atoms with van der Waals surface area (Å²) in [5.74, 6) is -0.407. The lowest BCUT2D eigenvalue weighted by Crippen LogP contribution is -2.39. The van der Waals surface area contributed by atoms with Crippen molar-refractivity contribution in [2.45, 2.75) is 25.9 Å². The first-order valence-electron chi connectivity index (χ1n) is 9.63. The van der Waals surface area contributed by atoms with Crippen LogP contribution in [0, 0.1) is 28.6 Å². The van der Waals surface area contributed by atoms with Crippen LogP contribution in [-0.2, 0) is 14.3 Å². The highest BCUT2D eigenvalue weighted by Gasteiger charge is 2.29. The minimum atomic E-state index is -0.970. The Morgan fingerprint density at radius 3 is 2.53 bits per heavy atom. The van der Waals surface area contributed by atoms with Gasteiger partial charge < -0.3 is 15.0 Å². The lowest BCUT2D eigenvalue weighted by molar-refractivity contribution is -0.157. The minimum Gasteiger partial charge on any atom is -0.452 e. The number of nitrogens with one attached hydrogen (secondary N) is 1. The molecule has 1 amide bonds. The number of hydrogen-bond acceptors (Lipinski definition) is 7. The summed E-state index contributed by atoms with van der Waals surface area (Å²) in [6, 6.07) is 14.2. The van der Waals surface area contributed by atoms with Crippen molar-refractivity contribution < 1.29 is 14.3 Å². The van der Waals surface area contributed by atoms with E-state index in [1.165, 1.54) is 13.1 Å². The predicted octanol–water partition coefficient (Wildman–Crippen LogP) is 2.61. The van der Waals surface area contributed by atoms with Crippen LogP contribution >= 0.6 is 0 Å². The molecule has 3 rings (SSSR count). The molecule has 1 unspecified atom stereocenters. The highest BCUT2D eigenvalue weighted by atomic mass is 16.5. The second kappa shape index (κ2) is 9.53. The summed E-state index contributed by atoms with van der Waals surface area (Å²) in [5, 5.41) is 20.6. The Hall–Kier alpha value is -3.91. The van der Waals surface area contributed by atoms with Gasteiger partial charge in [-0.15, -0.1) is 0 Å². The molecule has 1 aromatic heterocycles. The first kappa shape index (κ1) is 20.8. The van der Waals surface area contributed by atoms with E-state index in [9.17, 15) is 9.59 Å².